The van der Waals surface area contributed by atoms with Gasteiger partial charge < -0.3 is 10.5 Å². The van der Waals surface area contributed by atoms with E-state index < -0.39 is 11.9 Å². The summed E-state index contributed by atoms with van der Waals surface area (Å²) in [6.07, 6.45) is 1.70. The van der Waals surface area contributed by atoms with Crippen LogP contribution in [0.15, 0.2) is 29.1 Å². The first-order chi connectivity index (χ1) is 13.0. The number of hydrogen-bond acceptors (Lipinski definition) is 6. The van der Waals surface area contributed by atoms with E-state index >= 15 is 0 Å². The van der Waals surface area contributed by atoms with E-state index in [0.717, 1.165) is 24.2 Å². The number of amides is 1. The quantitative estimate of drug-likeness (QED) is 0.695. The van der Waals surface area contributed by atoms with E-state index in [2.05, 4.69) is 4.98 Å². The highest BCUT2D eigenvalue weighted by molar-refractivity contribution is 7.20. The maximum absolute atomic E-state index is 12.7. The molecule has 1 aliphatic rings. The topological polar surface area (TPSA) is 104 Å². The van der Waals surface area contributed by atoms with Crippen molar-refractivity contribution in [2.24, 2.45) is 5.73 Å². The highest BCUT2D eigenvalue weighted by Gasteiger charge is 2.24. The number of fused-ring (bicyclic) bond motifs is 2. The van der Waals surface area contributed by atoms with Crippen molar-refractivity contribution in [3.05, 3.63) is 62.0 Å². The van der Waals surface area contributed by atoms with Gasteiger partial charge in [0.25, 0.3) is 5.56 Å². The molecular weight excluding hydrogens is 366 g/mol. The number of nitrogens with zero attached hydrogens (tertiary/aromatic N) is 2. The van der Waals surface area contributed by atoms with Crippen LogP contribution in [-0.4, -0.2) is 21.4 Å². The summed E-state index contributed by atoms with van der Waals surface area (Å²) in [7, 11) is 0. The average Bonchev–Trinajstić information content (AvgIpc) is 3.25. The predicted molar refractivity (Wildman–Crippen MR) is 101 cm³/mol. The van der Waals surface area contributed by atoms with Gasteiger partial charge >= 0.3 is 5.97 Å². The summed E-state index contributed by atoms with van der Waals surface area (Å²) in [5.41, 5.74) is 6.87. The zero-order valence-electron chi connectivity index (χ0n) is 14.7. The minimum Gasteiger partial charge on any atom is -0.457 e. The standard InChI is InChI=1S/C19H17N3O4S/c1-10-14-17(21-13-3-2-8-22(13)18(14)24)27-15(10)19(25)26-9-11-4-6-12(7-5-11)16(20)23/h4-7H,2-3,8-9H2,1H3,(H2,20,23). The summed E-state index contributed by atoms with van der Waals surface area (Å²) in [6, 6.07) is 6.54. The van der Waals surface area contributed by atoms with E-state index in [1.807, 2.05) is 0 Å². The van der Waals surface area contributed by atoms with E-state index in [1.54, 1.807) is 35.8 Å². The van der Waals surface area contributed by atoms with Gasteiger partial charge in [0.1, 0.15) is 22.1 Å². The van der Waals surface area contributed by atoms with Crippen LogP contribution < -0.4 is 11.3 Å². The van der Waals surface area contributed by atoms with E-state index in [4.69, 9.17) is 10.5 Å². The third-order valence-electron chi connectivity index (χ3n) is 4.71. The number of thiophene rings is 1. The Morgan fingerprint density at radius 2 is 2.04 bits per heavy atom. The number of benzene rings is 1. The Kier molecular flexibility index (Phi) is 4.27. The van der Waals surface area contributed by atoms with Crippen LogP contribution >= 0.6 is 11.3 Å². The van der Waals surface area contributed by atoms with Gasteiger partial charge in [-0.25, -0.2) is 9.78 Å². The first-order valence-corrected chi connectivity index (χ1v) is 9.36. The van der Waals surface area contributed by atoms with Crippen LogP contribution in [0.2, 0.25) is 0 Å². The summed E-state index contributed by atoms with van der Waals surface area (Å²) in [5, 5.41) is 0.503. The van der Waals surface area contributed by atoms with E-state index in [1.165, 1.54) is 11.3 Å². The molecule has 138 valence electrons. The van der Waals surface area contributed by atoms with Crippen LogP contribution in [0, 0.1) is 6.92 Å². The number of aryl methyl sites for hydroxylation is 2. The fourth-order valence-electron chi connectivity index (χ4n) is 3.25. The van der Waals surface area contributed by atoms with Crippen LogP contribution in [0.4, 0.5) is 0 Å². The lowest BCUT2D eigenvalue weighted by molar-refractivity contribution is 0.0477. The molecule has 0 fully saturated rings. The number of ether oxygens (including phenoxy) is 1. The minimum atomic E-state index is -0.509. The van der Waals surface area contributed by atoms with Crippen LogP contribution in [0.5, 0.6) is 0 Å². The molecule has 2 aromatic heterocycles. The third-order valence-corrected chi connectivity index (χ3v) is 5.87. The molecule has 4 rings (SSSR count). The summed E-state index contributed by atoms with van der Waals surface area (Å²) >= 11 is 1.19. The smallest absolute Gasteiger partial charge is 0.349 e. The Labute approximate surface area is 158 Å². The van der Waals surface area contributed by atoms with Gasteiger partial charge in [-0.3, -0.25) is 14.2 Å². The summed E-state index contributed by atoms with van der Waals surface area (Å²) in [4.78, 5) is 41.8. The molecule has 27 heavy (non-hydrogen) atoms. The number of nitrogens with two attached hydrogens (primary N) is 1. The second kappa shape index (κ2) is 6.62. The van der Waals surface area contributed by atoms with Gasteiger partial charge in [0.05, 0.1) is 5.39 Å². The molecule has 8 heteroatoms. The number of esters is 1. The van der Waals surface area contributed by atoms with Crippen molar-refractivity contribution >= 4 is 33.4 Å². The van der Waals surface area contributed by atoms with Crippen molar-refractivity contribution in [3.8, 4) is 0 Å². The fraction of sp³-hybridized carbons (Fsp3) is 0.263. The van der Waals surface area contributed by atoms with Gasteiger partial charge in [-0.05, 0) is 36.6 Å². The average molecular weight is 383 g/mol. The minimum absolute atomic E-state index is 0.0640. The normalized spacial score (nSPS) is 12.9. The molecule has 3 heterocycles. The number of aromatic nitrogens is 2. The van der Waals surface area contributed by atoms with Crippen molar-refractivity contribution in [1.82, 2.24) is 9.55 Å². The van der Waals surface area contributed by atoms with Crippen molar-refractivity contribution in [2.75, 3.05) is 0 Å². The SMILES string of the molecule is Cc1c(C(=O)OCc2ccc(C(N)=O)cc2)sc2nc3n(c(=O)c12)CCC3. The van der Waals surface area contributed by atoms with Crippen molar-refractivity contribution in [1.29, 1.82) is 0 Å². The molecule has 0 bridgehead atoms. The van der Waals surface area contributed by atoms with Crippen molar-refractivity contribution in [2.45, 2.75) is 32.9 Å². The Hall–Kier alpha value is -3.00. The molecule has 0 aliphatic carbocycles. The largest absolute Gasteiger partial charge is 0.457 e. The van der Waals surface area contributed by atoms with Gasteiger partial charge in [-0.15, -0.1) is 11.3 Å². The summed E-state index contributed by atoms with van der Waals surface area (Å²) in [6.45, 7) is 2.49. The number of carbonyl (C=O) groups excluding carboxylic acids is 2. The van der Waals surface area contributed by atoms with Crippen molar-refractivity contribution < 1.29 is 14.3 Å². The number of rotatable bonds is 4. The second-order valence-corrected chi connectivity index (χ2v) is 7.46. The van der Waals surface area contributed by atoms with Gasteiger partial charge in [0.2, 0.25) is 5.91 Å². The maximum Gasteiger partial charge on any atom is 0.349 e. The predicted octanol–water partition coefficient (Wildman–Crippen LogP) is 2.17. The molecule has 1 aliphatic heterocycles. The Bertz CT molecular complexity index is 1130. The van der Waals surface area contributed by atoms with Crippen LogP contribution in [0.25, 0.3) is 10.2 Å². The molecule has 3 aromatic rings. The highest BCUT2D eigenvalue weighted by Crippen LogP contribution is 2.29. The first kappa shape index (κ1) is 17.4. The van der Waals surface area contributed by atoms with E-state index in [-0.39, 0.29) is 12.2 Å². The second-order valence-electron chi connectivity index (χ2n) is 6.46. The van der Waals surface area contributed by atoms with Crippen LogP contribution in [0.3, 0.4) is 0 Å². The van der Waals surface area contributed by atoms with Crippen LogP contribution in [-0.2, 0) is 24.3 Å². The molecule has 1 amide bonds. The monoisotopic (exact) mass is 383 g/mol. The third kappa shape index (κ3) is 3.02. The summed E-state index contributed by atoms with van der Waals surface area (Å²) in [5.74, 6) is -0.215. The zero-order chi connectivity index (χ0) is 19.1. The lowest BCUT2D eigenvalue weighted by Crippen LogP contribution is -2.20. The molecule has 1 aromatic carbocycles. The molecule has 0 unspecified atom stereocenters. The first-order valence-electron chi connectivity index (χ1n) is 8.54. The number of primary amides is 1. The van der Waals surface area contributed by atoms with Gasteiger partial charge in [0.15, 0.2) is 0 Å². The highest BCUT2D eigenvalue weighted by atomic mass is 32.1. The van der Waals surface area contributed by atoms with Crippen LogP contribution in [0.1, 0.15) is 43.4 Å². The molecule has 0 saturated heterocycles. The molecule has 0 saturated carbocycles. The Morgan fingerprint density at radius 3 is 2.74 bits per heavy atom. The lowest BCUT2D eigenvalue weighted by atomic mass is 10.1. The lowest BCUT2D eigenvalue weighted by Gasteiger charge is -2.05. The van der Waals surface area contributed by atoms with E-state index in [0.29, 0.717) is 32.8 Å². The molecule has 0 atom stereocenters. The maximum atomic E-state index is 12.7. The molecule has 7 nitrogen and oxygen atoms in total. The van der Waals surface area contributed by atoms with Gasteiger partial charge in [-0.2, -0.15) is 0 Å². The molecular formula is C19H17N3O4S. The van der Waals surface area contributed by atoms with Crippen molar-refractivity contribution in [3.63, 3.8) is 0 Å². The number of carbonyl (C=O) groups is 2. The Morgan fingerprint density at radius 1 is 1.30 bits per heavy atom. The van der Waals surface area contributed by atoms with E-state index in [9.17, 15) is 14.4 Å². The number of hydrogen-bond donors (Lipinski definition) is 1. The molecule has 0 radical (unpaired) electrons. The molecule has 0 spiro atoms. The fourth-order valence-corrected chi connectivity index (χ4v) is 4.33. The van der Waals surface area contributed by atoms with Gasteiger partial charge in [0, 0.05) is 18.5 Å². The summed E-state index contributed by atoms with van der Waals surface area (Å²) < 4.78 is 7.08. The molecule has 2 N–H and O–H groups in total. The van der Waals surface area contributed by atoms with Gasteiger partial charge in [-0.1, -0.05) is 12.1 Å². The Balaban J connectivity index is 1.58. The zero-order valence-corrected chi connectivity index (χ0v) is 15.5.